The minimum absolute atomic E-state index is 0.155. The molecule has 0 saturated heterocycles. The quantitative estimate of drug-likeness (QED) is 0.300. The number of rotatable bonds is 10. The maximum atomic E-state index is 14.1. The zero-order valence-corrected chi connectivity index (χ0v) is 17.3. The lowest BCUT2D eigenvalue weighted by atomic mass is 9.82. The third kappa shape index (κ3) is 5.01. The topological polar surface area (TPSA) is 29.5 Å². The molecular formula is C18H14F16O2. The molecule has 1 N–H and O–H groups in total. The van der Waals surface area contributed by atoms with E-state index >= 15 is 0 Å². The molecule has 0 amide bonds. The van der Waals surface area contributed by atoms with E-state index in [2.05, 4.69) is 0 Å². The van der Waals surface area contributed by atoms with Gasteiger partial charge in [-0.15, -0.1) is 0 Å². The summed E-state index contributed by atoms with van der Waals surface area (Å²) < 4.78 is 217. The second-order valence-electron chi connectivity index (χ2n) is 7.41. The molecule has 1 atom stereocenters. The number of alkyl halides is 16. The van der Waals surface area contributed by atoms with Crippen molar-refractivity contribution in [2.75, 3.05) is 6.61 Å². The van der Waals surface area contributed by atoms with Gasteiger partial charge in [-0.25, -0.2) is 0 Å². The van der Waals surface area contributed by atoms with Crippen molar-refractivity contribution in [1.82, 2.24) is 0 Å². The van der Waals surface area contributed by atoms with Gasteiger partial charge in [-0.05, 0) is 24.1 Å². The predicted molar refractivity (Wildman–Crippen MR) is 87.6 cm³/mol. The van der Waals surface area contributed by atoms with Crippen molar-refractivity contribution in [3.05, 3.63) is 29.8 Å². The third-order valence-electron chi connectivity index (χ3n) is 4.73. The Morgan fingerprint density at radius 3 is 1.56 bits per heavy atom. The molecule has 0 spiro atoms. The Labute approximate surface area is 190 Å². The number of hydrogen-bond acceptors (Lipinski definition) is 2. The van der Waals surface area contributed by atoms with Crippen molar-refractivity contribution in [2.45, 2.75) is 67.3 Å². The van der Waals surface area contributed by atoms with Gasteiger partial charge in [-0.3, -0.25) is 0 Å². The number of aliphatic hydroxyl groups is 1. The van der Waals surface area contributed by atoms with Crippen LogP contribution >= 0.6 is 0 Å². The lowest BCUT2D eigenvalue weighted by Gasteiger charge is -2.42. The average Bonchev–Trinajstić information content (AvgIpc) is 2.69. The predicted octanol–water partition coefficient (Wildman–Crippen LogP) is 7.35. The number of ether oxygens (including phenoxy) is 1. The summed E-state index contributed by atoms with van der Waals surface area (Å²) in [6, 6.07) is 1.81. The molecule has 0 aromatic heterocycles. The first-order chi connectivity index (χ1) is 15.7. The maximum absolute atomic E-state index is 14.1. The van der Waals surface area contributed by atoms with Crippen molar-refractivity contribution < 1.29 is 80.1 Å². The zero-order valence-electron chi connectivity index (χ0n) is 17.3. The molecular weight excluding hydrogens is 552 g/mol. The molecule has 0 bridgehead atoms. The van der Waals surface area contributed by atoms with Crippen LogP contribution in [0.3, 0.4) is 0 Å². The van der Waals surface area contributed by atoms with Crippen LogP contribution in [0, 0.1) is 0 Å². The molecule has 0 fully saturated rings. The lowest BCUT2D eigenvalue weighted by molar-refractivity contribution is -0.443. The molecule has 2 nitrogen and oxygen atoms in total. The fourth-order valence-electron chi connectivity index (χ4n) is 2.66. The maximum Gasteiger partial charge on any atom is 0.460 e. The van der Waals surface area contributed by atoms with Gasteiger partial charge in [-0.1, -0.05) is 19.1 Å². The summed E-state index contributed by atoms with van der Waals surface area (Å²) >= 11 is 0. The average molecular weight is 566 g/mol. The Bertz CT molecular complexity index is 905. The fraction of sp³-hybridized carbons (Fsp3) is 0.667. The molecule has 0 heterocycles. The molecule has 1 aromatic carbocycles. The second kappa shape index (κ2) is 9.31. The van der Waals surface area contributed by atoms with Gasteiger partial charge in [0.1, 0.15) is 5.75 Å². The summed E-state index contributed by atoms with van der Waals surface area (Å²) in [7, 11) is 0. The van der Waals surface area contributed by atoms with Crippen LogP contribution in [0.5, 0.6) is 5.75 Å². The molecule has 18 heteroatoms. The van der Waals surface area contributed by atoms with Crippen molar-refractivity contribution in [1.29, 1.82) is 0 Å². The Morgan fingerprint density at radius 2 is 1.14 bits per heavy atom. The first-order valence-corrected chi connectivity index (χ1v) is 9.23. The zero-order chi connectivity index (χ0) is 28.8. The highest BCUT2D eigenvalue weighted by Gasteiger charge is 2.91. The highest BCUT2D eigenvalue weighted by Crippen LogP contribution is 2.62. The molecule has 1 unspecified atom stereocenters. The van der Waals surface area contributed by atoms with Crippen LogP contribution in [0.4, 0.5) is 70.2 Å². The van der Waals surface area contributed by atoms with E-state index in [1.807, 2.05) is 0 Å². The highest BCUT2D eigenvalue weighted by atomic mass is 19.4. The smallest absolute Gasteiger partial charge is 0.460 e. The molecule has 0 aliphatic rings. The lowest BCUT2D eigenvalue weighted by Crippen LogP contribution is -2.70. The van der Waals surface area contributed by atoms with Crippen LogP contribution in [0.2, 0.25) is 0 Å². The number of hydrogen-bond donors (Lipinski definition) is 1. The number of halogens is 16. The van der Waals surface area contributed by atoms with Crippen molar-refractivity contribution in [3.63, 3.8) is 0 Å². The largest absolute Gasteiger partial charge is 0.494 e. The van der Waals surface area contributed by atoms with Gasteiger partial charge in [-0.2, -0.15) is 70.2 Å². The van der Waals surface area contributed by atoms with E-state index < -0.39 is 65.3 Å². The SMILES string of the molecule is CCCOc1cccc(C(O)(CC(F)(F)C(F)(F)C(F)(F)C(F)(F)C(F)(F)C(F)(F)F)C(F)(F)F)c1. The second-order valence-corrected chi connectivity index (χ2v) is 7.41. The van der Waals surface area contributed by atoms with Gasteiger partial charge < -0.3 is 9.84 Å². The highest BCUT2D eigenvalue weighted by molar-refractivity contribution is 5.34. The van der Waals surface area contributed by atoms with Gasteiger partial charge in [0.05, 0.1) is 13.0 Å². The van der Waals surface area contributed by atoms with E-state index in [0.29, 0.717) is 6.07 Å². The minimum atomic E-state index is -8.29. The summed E-state index contributed by atoms with van der Waals surface area (Å²) in [5.41, 5.74) is -6.99. The molecule has 1 rings (SSSR count). The Kier molecular flexibility index (Phi) is 8.25. The Balaban J connectivity index is 3.66. The molecule has 210 valence electrons. The number of benzene rings is 1. The summed E-state index contributed by atoms with van der Waals surface area (Å²) in [5.74, 6) is -40.3. The van der Waals surface area contributed by atoms with Gasteiger partial charge in [0.2, 0.25) is 0 Å². The molecule has 36 heavy (non-hydrogen) atoms. The Hall–Kier alpha value is -2.14. The van der Waals surface area contributed by atoms with Crippen LogP contribution in [-0.2, 0) is 5.60 Å². The molecule has 0 saturated carbocycles. The molecule has 0 aliphatic carbocycles. The van der Waals surface area contributed by atoms with Gasteiger partial charge >= 0.3 is 42.0 Å². The molecule has 0 aliphatic heterocycles. The van der Waals surface area contributed by atoms with E-state index in [1.165, 1.54) is 6.92 Å². The monoisotopic (exact) mass is 566 g/mol. The van der Waals surface area contributed by atoms with E-state index in [4.69, 9.17) is 4.74 Å². The van der Waals surface area contributed by atoms with E-state index in [0.717, 1.165) is 6.07 Å². The summed E-state index contributed by atoms with van der Waals surface area (Å²) in [6.45, 7) is 1.29. The van der Waals surface area contributed by atoms with Crippen LogP contribution in [0.25, 0.3) is 0 Å². The van der Waals surface area contributed by atoms with Crippen LogP contribution in [-0.4, -0.2) is 53.7 Å². The van der Waals surface area contributed by atoms with Crippen molar-refractivity contribution in [3.8, 4) is 5.75 Å². The fourth-order valence-corrected chi connectivity index (χ4v) is 2.66. The van der Waals surface area contributed by atoms with Crippen molar-refractivity contribution >= 4 is 0 Å². The molecule has 1 aromatic rings. The summed E-state index contributed by atoms with van der Waals surface area (Å²) in [5, 5.41) is 9.87. The normalized spacial score (nSPS) is 16.6. The van der Waals surface area contributed by atoms with Crippen LogP contribution < -0.4 is 4.74 Å². The molecule has 0 radical (unpaired) electrons. The first kappa shape index (κ1) is 31.9. The van der Waals surface area contributed by atoms with E-state index in [1.54, 1.807) is 0 Å². The van der Waals surface area contributed by atoms with Gasteiger partial charge in [0.15, 0.2) is 5.60 Å². The summed E-state index contributed by atoms with van der Waals surface area (Å²) in [6.07, 6.45) is -17.8. The van der Waals surface area contributed by atoms with Crippen molar-refractivity contribution in [2.24, 2.45) is 0 Å². The summed E-state index contributed by atoms with van der Waals surface area (Å²) in [4.78, 5) is 0. The van der Waals surface area contributed by atoms with Gasteiger partial charge in [0, 0.05) is 0 Å². The van der Waals surface area contributed by atoms with E-state index in [-0.39, 0.29) is 25.2 Å². The van der Waals surface area contributed by atoms with Crippen LogP contribution in [0.1, 0.15) is 25.3 Å². The van der Waals surface area contributed by atoms with Crippen LogP contribution in [0.15, 0.2) is 24.3 Å². The standard InChI is InChI=1S/C18H14F16O2/c1-2-6-36-10-5-3-4-9(7-10)11(35,17(29,30)31)8-12(19,20)13(21,22)14(23,24)15(25,26)16(27,28)18(32,33)34/h3-5,7,35H,2,6,8H2,1H3. The minimum Gasteiger partial charge on any atom is -0.494 e. The Morgan fingerprint density at radius 1 is 0.667 bits per heavy atom. The van der Waals surface area contributed by atoms with Gasteiger partial charge in [0.25, 0.3) is 0 Å². The first-order valence-electron chi connectivity index (χ1n) is 9.23. The van der Waals surface area contributed by atoms with E-state index in [9.17, 15) is 75.4 Å². The third-order valence-corrected chi connectivity index (χ3v) is 4.73.